The Hall–Kier alpha value is -0.240. The summed E-state index contributed by atoms with van der Waals surface area (Å²) < 4.78 is 4.76. The van der Waals surface area contributed by atoms with Crippen LogP contribution in [-0.4, -0.2) is 62.3 Å². The monoisotopic (exact) mass is 194 g/mol. The van der Waals surface area contributed by atoms with Gasteiger partial charge in [0, 0.05) is 0 Å². The Morgan fingerprint density at radius 3 is 2.23 bits per heavy atom. The fourth-order valence-corrected chi connectivity index (χ4v) is 1.31. The number of hydrogen-bond donors (Lipinski definition) is 5. The average Bonchev–Trinajstić information content (AvgIpc) is 2.08. The first-order valence-electron chi connectivity index (χ1n) is 3.95. The molecule has 0 saturated carbocycles. The maximum Gasteiger partial charge on any atom is 0.192 e. The number of hydrogen-bond acceptors (Lipinski definition) is 6. The van der Waals surface area contributed by atoms with Crippen LogP contribution in [0.4, 0.5) is 0 Å². The molecule has 1 unspecified atom stereocenters. The van der Waals surface area contributed by atoms with E-state index in [0.717, 1.165) is 6.92 Å². The molecule has 78 valence electrons. The van der Waals surface area contributed by atoms with Crippen molar-refractivity contribution in [3.05, 3.63) is 0 Å². The molecule has 1 fully saturated rings. The van der Waals surface area contributed by atoms with Crippen molar-refractivity contribution < 1.29 is 30.3 Å². The molecule has 6 nitrogen and oxygen atoms in total. The predicted octanol–water partition coefficient (Wildman–Crippen LogP) is -2.83. The minimum atomic E-state index is -1.95. The van der Waals surface area contributed by atoms with E-state index in [-0.39, 0.29) is 0 Å². The molecular formula is C7H14O6. The predicted molar refractivity (Wildman–Crippen MR) is 40.6 cm³/mol. The first-order valence-corrected chi connectivity index (χ1v) is 3.95. The molecule has 5 N–H and O–H groups in total. The average molecular weight is 194 g/mol. The summed E-state index contributed by atoms with van der Waals surface area (Å²) in [4.78, 5) is 0. The largest absolute Gasteiger partial charge is 0.394 e. The van der Waals surface area contributed by atoms with Gasteiger partial charge in [0.05, 0.1) is 6.61 Å². The van der Waals surface area contributed by atoms with E-state index in [2.05, 4.69) is 0 Å². The Kier molecular flexibility index (Phi) is 2.91. The van der Waals surface area contributed by atoms with E-state index in [0.29, 0.717) is 0 Å². The lowest BCUT2D eigenvalue weighted by Gasteiger charge is -2.43. The molecule has 0 aromatic carbocycles. The molecular weight excluding hydrogens is 180 g/mol. The van der Waals surface area contributed by atoms with Gasteiger partial charge in [0.25, 0.3) is 0 Å². The highest BCUT2D eigenvalue weighted by molar-refractivity contribution is 4.93. The molecule has 1 heterocycles. The second-order valence-electron chi connectivity index (χ2n) is 3.32. The van der Waals surface area contributed by atoms with Crippen molar-refractivity contribution in [3.8, 4) is 0 Å². The van der Waals surface area contributed by atoms with Gasteiger partial charge in [-0.05, 0) is 6.92 Å². The smallest absolute Gasteiger partial charge is 0.192 e. The van der Waals surface area contributed by atoms with Gasteiger partial charge in [-0.2, -0.15) is 0 Å². The highest BCUT2D eigenvalue weighted by Gasteiger charge is 2.49. The number of aliphatic hydroxyl groups is 5. The van der Waals surface area contributed by atoms with Crippen LogP contribution in [0.3, 0.4) is 0 Å². The van der Waals surface area contributed by atoms with E-state index in [4.69, 9.17) is 9.84 Å². The van der Waals surface area contributed by atoms with Crippen molar-refractivity contribution in [1.82, 2.24) is 0 Å². The maximum absolute atomic E-state index is 9.38. The lowest BCUT2D eigenvalue weighted by molar-refractivity contribution is -0.341. The van der Waals surface area contributed by atoms with Gasteiger partial charge in [0.1, 0.15) is 24.4 Å². The minimum absolute atomic E-state index is 0.541. The van der Waals surface area contributed by atoms with Crippen LogP contribution < -0.4 is 0 Å². The Bertz CT molecular complexity index is 180. The zero-order valence-electron chi connectivity index (χ0n) is 7.16. The van der Waals surface area contributed by atoms with E-state index in [1.807, 2.05) is 0 Å². The molecule has 13 heavy (non-hydrogen) atoms. The molecule has 1 saturated heterocycles. The fourth-order valence-electron chi connectivity index (χ4n) is 1.31. The zero-order valence-corrected chi connectivity index (χ0v) is 7.16. The molecule has 6 heteroatoms. The van der Waals surface area contributed by atoms with Gasteiger partial charge in [-0.1, -0.05) is 0 Å². The lowest BCUT2D eigenvalue weighted by Crippen LogP contribution is -2.63. The third-order valence-corrected chi connectivity index (χ3v) is 2.17. The molecule has 0 amide bonds. The van der Waals surface area contributed by atoms with Crippen LogP contribution in [0.1, 0.15) is 6.92 Å². The highest BCUT2D eigenvalue weighted by Crippen LogP contribution is 2.27. The van der Waals surface area contributed by atoms with Crippen LogP contribution in [0.15, 0.2) is 0 Å². The van der Waals surface area contributed by atoms with Crippen molar-refractivity contribution in [2.75, 3.05) is 6.61 Å². The Morgan fingerprint density at radius 2 is 1.77 bits per heavy atom. The van der Waals surface area contributed by atoms with Gasteiger partial charge >= 0.3 is 0 Å². The van der Waals surface area contributed by atoms with E-state index >= 15 is 0 Å². The van der Waals surface area contributed by atoms with Crippen molar-refractivity contribution in [2.24, 2.45) is 0 Å². The zero-order chi connectivity index (χ0) is 10.2. The van der Waals surface area contributed by atoms with Gasteiger partial charge in [0.15, 0.2) is 5.79 Å². The molecule has 1 aliphatic rings. The summed E-state index contributed by atoms with van der Waals surface area (Å²) in [5, 5.41) is 45.8. The standard InChI is InChI=1S/C7H14O6/c1-7(12)6(11)5(10)4(9)3(2-8)13-7/h3-6,8-12H,2H2,1H3/t3-,4-,5+,6+,7?/m1/s1. The van der Waals surface area contributed by atoms with Crippen molar-refractivity contribution in [1.29, 1.82) is 0 Å². The number of rotatable bonds is 1. The van der Waals surface area contributed by atoms with E-state index in [1.165, 1.54) is 0 Å². The maximum atomic E-state index is 9.38. The Morgan fingerprint density at radius 1 is 1.23 bits per heavy atom. The molecule has 1 aliphatic heterocycles. The third-order valence-electron chi connectivity index (χ3n) is 2.17. The molecule has 0 radical (unpaired) electrons. The van der Waals surface area contributed by atoms with E-state index < -0.39 is 36.8 Å². The first-order chi connectivity index (χ1) is 5.90. The van der Waals surface area contributed by atoms with Crippen molar-refractivity contribution in [3.63, 3.8) is 0 Å². The van der Waals surface area contributed by atoms with E-state index in [9.17, 15) is 20.4 Å². The summed E-state index contributed by atoms with van der Waals surface area (Å²) in [5.74, 6) is -1.95. The van der Waals surface area contributed by atoms with Gasteiger partial charge in [-0.3, -0.25) is 0 Å². The quantitative estimate of drug-likeness (QED) is 0.308. The van der Waals surface area contributed by atoms with Crippen LogP contribution in [-0.2, 0) is 4.74 Å². The van der Waals surface area contributed by atoms with Crippen molar-refractivity contribution >= 4 is 0 Å². The molecule has 5 atom stereocenters. The van der Waals surface area contributed by atoms with Gasteiger partial charge in [-0.15, -0.1) is 0 Å². The van der Waals surface area contributed by atoms with Crippen LogP contribution in [0.2, 0.25) is 0 Å². The van der Waals surface area contributed by atoms with Crippen LogP contribution >= 0.6 is 0 Å². The topological polar surface area (TPSA) is 110 Å². The molecule has 0 aromatic heterocycles. The molecule has 1 rings (SSSR count). The van der Waals surface area contributed by atoms with Gasteiger partial charge < -0.3 is 30.3 Å². The number of ether oxygens (including phenoxy) is 1. The van der Waals surface area contributed by atoms with Crippen LogP contribution in [0, 0.1) is 0 Å². The summed E-state index contributed by atoms with van der Waals surface area (Å²) >= 11 is 0. The SMILES string of the molecule is CC1(O)O[C@H](CO)[C@@H](O)[C@H](O)[C@@H]1O. The molecule has 0 aliphatic carbocycles. The van der Waals surface area contributed by atoms with Crippen molar-refractivity contribution in [2.45, 2.75) is 37.1 Å². The van der Waals surface area contributed by atoms with Crippen LogP contribution in [0.5, 0.6) is 0 Å². The summed E-state index contributed by atoms with van der Waals surface area (Å²) in [6.07, 6.45) is -5.61. The molecule has 0 bridgehead atoms. The third kappa shape index (κ3) is 1.83. The first kappa shape index (κ1) is 10.8. The summed E-state index contributed by atoms with van der Waals surface area (Å²) in [6, 6.07) is 0. The highest BCUT2D eigenvalue weighted by atomic mass is 16.7. The summed E-state index contributed by atoms with van der Waals surface area (Å²) in [7, 11) is 0. The van der Waals surface area contributed by atoms with E-state index in [1.54, 1.807) is 0 Å². The van der Waals surface area contributed by atoms with Crippen LogP contribution in [0.25, 0.3) is 0 Å². The normalized spacial score (nSPS) is 52.2. The lowest BCUT2D eigenvalue weighted by atomic mass is 9.94. The molecule has 0 spiro atoms. The fraction of sp³-hybridized carbons (Fsp3) is 1.00. The summed E-state index contributed by atoms with van der Waals surface area (Å²) in [6.45, 7) is 0.608. The minimum Gasteiger partial charge on any atom is -0.394 e. The van der Waals surface area contributed by atoms with Gasteiger partial charge in [0.2, 0.25) is 0 Å². The number of aliphatic hydroxyl groups excluding tert-OH is 4. The second kappa shape index (κ2) is 3.49. The molecule has 0 aromatic rings. The Balaban J connectivity index is 2.79. The second-order valence-corrected chi connectivity index (χ2v) is 3.32. The summed E-state index contributed by atoms with van der Waals surface area (Å²) in [5.41, 5.74) is 0. The van der Waals surface area contributed by atoms with Gasteiger partial charge in [-0.25, -0.2) is 0 Å². The Labute approximate surface area is 75.0 Å².